The second-order valence-electron chi connectivity index (χ2n) is 3.94. The highest BCUT2D eigenvalue weighted by Crippen LogP contribution is 2.23. The van der Waals surface area contributed by atoms with Gasteiger partial charge in [0.2, 0.25) is 0 Å². The highest BCUT2D eigenvalue weighted by atomic mass is 16.7. The fourth-order valence-corrected chi connectivity index (χ4v) is 1.52. The fourth-order valence-electron chi connectivity index (χ4n) is 1.52. The van der Waals surface area contributed by atoms with Crippen LogP contribution >= 0.6 is 0 Å². The summed E-state index contributed by atoms with van der Waals surface area (Å²) in [6.07, 6.45) is -2.10. The third kappa shape index (κ3) is 3.12. The van der Waals surface area contributed by atoms with Gasteiger partial charge in [0.05, 0.1) is 6.10 Å². The Hall–Kier alpha value is -0.200. The fraction of sp³-hybridized carbons (Fsp3) is 1.00. The maximum absolute atomic E-state index is 9.67. The summed E-state index contributed by atoms with van der Waals surface area (Å²) in [5, 5.41) is 22.2. The third-order valence-electron chi connectivity index (χ3n) is 2.67. The number of rotatable bonds is 5. The van der Waals surface area contributed by atoms with Crippen molar-refractivity contribution in [3.63, 3.8) is 0 Å². The maximum atomic E-state index is 9.67. The normalized spacial score (nSPS) is 38.2. The van der Waals surface area contributed by atoms with Gasteiger partial charge in [-0.05, 0) is 20.4 Å². The number of aliphatic hydroxyl groups excluding tert-OH is 2. The van der Waals surface area contributed by atoms with Crippen molar-refractivity contribution in [1.82, 2.24) is 5.32 Å². The van der Waals surface area contributed by atoms with E-state index in [0.29, 0.717) is 6.54 Å². The third-order valence-corrected chi connectivity index (χ3v) is 2.67. The lowest BCUT2D eigenvalue weighted by atomic mass is 10.1. The summed E-state index contributed by atoms with van der Waals surface area (Å²) in [7, 11) is 1.77. The Morgan fingerprint density at radius 2 is 2.07 bits per heavy atom. The molecule has 5 heteroatoms. The summed E-state index contributed by atoms with van der Waals surface area (Å²) >= 11 is 0. The molecule has 0 amide bonds. The first-order valence-corrected chi connectivity index (χ1v) is 5.41. The van der Waals surface area contributed by atoms with Crippen molar-refractivity contribution in [3.8, 4) is 0 Å². The summed E-state index contributed by atoms with van der Waals surface area (Å²) in [4.78, 5) is 0. The van der Waals surface area contributed by atoms with Gasteiger partial charge in [-0.25, -0.2) is 0 Å². The van der Waals surface area contributed by atoms with Crippen LogP contribution in [0.15, 0.2) is 0 Å². The van der Waals surface area contributed by atoms with E-state index in [9.17, 15) is 10.2 Å². The monoisotopic (exact) mass is 219 g/mol. The minimum absolute atomic E-state index is 0.0187. The summed E-state index contributed by atoms with van der Waals surface area (Å²) in [6.45, 7) is 4.40. The number of hydrogen-bond acceptors (Lipinski definition) is 5. The molecule has 0 saturated carbocycles. The smallest absolute Gasteiger partial charge is 0.186 e. The molecule has 1 aliphatic rings. The minimum atomic E-state index is -0.961. The van der Waals surface area contributed by atoms with Crippen LogP contribution in [-0.4, -0.2) is 54.5 Å². The van der Waals surface area contributed by atoms with Crippen LogP contribution in [0.2, 0.25) is 0 Å². The standard InChI is InChI=1S/C10H21NO4/c1-4-6(2)14-10-9(13)8(12)7(15-10)5-11-3/h6-13H,4-5H2,1-3H3/t6?,7-,8-,9-,10+/m1/s1. The average molecular weight is 219 g/mol. The lowest BCUT2D eigenvalue weighted by molar-refractivity contribution is -0.186. The molecular formula is C10H21NO4. The molecule has 0 aromatic rings. The second-order valence-corrected chi connectivity index (χ2v) is 3.94. The summed E-state index contributed by atoms with van der Waals surface area (Å²) in [5.41, 5.74) is 0. The maximum Gasteiger partial charge on any atom is 0.186 e. The van der Waals surface area contributed by atoms with Gasteiger partial charge in [-0.3, -0.25) is 0 Å². The molecule has 1 unspecified atom stereocenters. The van der Waals surface area contributed by atoms with Gasteiger partial charge in [0.15, 0.2) is 6.29 Å². The Morgan fingerprint density at radius 1 is 1.40 bits per heavy atom. The molecule has 0 spiro atoms. The van der Waals surface area contributed by atoms with Gasteiger partial charge < -0.3 is 25.0 Å². The molecule has 5 nitrogen and oxygen atoms in total. The van der Waals surface area contributed by atoms with Crippen molar-refractivity contribution < 1.29 is 19.7 Å². The Bertz CT molecular complexity index is 190. The van der Waals surface area contributed by atoms with E-state index in [1.807, 2.05) is 13.8 Å². The highest BCUT2D eigenvalue weighted by Gasteiger charge is 2.43. The SMILES string of the molecule is CCC(C)O[C@H]1O[C@H](CNC)[C@@H](O)[C@H]1O. The van der Waals surface area contributed by atoms with Crippen LogP contribution in [0.25, 0.3) is 0 Å². The number of hydrogen-bond donors (Lipinski definition) is 3. The zero-order chi connectivity index (χ0) is 11.4. The molecule has 0 aromatic carbocycles. The van der Waals surface area contributed by atoms with Crippen LogP contribution in [0.4, 0.5) is 0 Å². The van der Waals surface area contributed by atoms with Crippen LogP contribution in [0.1, 0.15) is 20.3 Å². The van der Waals surface area contributed by atoms with Crippen molar-refractivity contribution >= 4 is 0 Å². The van der Waals surface area contributed by atoms with Gasteiger partial charge >= 0.3 is 0 Å². The molecule has 0 aliphatic carbocycles. The second kappa shape index (κ2) is 5.77. The summed E-state index contributed by atoms with van der Waals surface area (Å²) in [6, 6.07) is 0. The van der Waals surface area contributed by atoms with E-state index in [-0.39, 0.29) is 6.10 Å². The Labute approximate surface area is 90.4 Å². The van der Waals surface area contributed by atoms with Gasteiger partial charge in [-0.2, -0.15) is 0 Å². The van der Waals surface area contributed by atoms with E-state index in [0.717, 1.165) is 6.42 Å². The van der Waals surface area contributed by atoms with Gasteiger partial charge in [0.1, 0.15) is 18.3 Å². The first-order valence-electron chi connectivity index (χ1n) is 5.41. The van der Waals surface area contributed by atoms with E-state index < -0.39 is 24.6 Å². The van der Waals surface area contributed by atoms with E-state index in [1.54, 1.807) is 7.05 Å². The van der Waals surface area contributed by atoms with Gasteiger partial charge in [-0.1, -0.05) is 6.92 Å². The van der Waals surface area contributed by atoms with Gasteiger partial charge in [0, 0.05) is 6.54 Å². The molecule has 15 heavy (non-hydrogen) atoms. The van der Waals surface area contributed by atoms with Crippen LogP contribution in [0.5, 0.6) is 0 Å². The van der Waals surface area contributed by atoms with E-state index in [1.165, 1.54) is 0 Å². The molecule has 0 aromatic heterocycles. The minimum Gasteiger partial charge on any atom is -0.387 e. The first kappa shape index (κ1) is 12.9. The van der Waals surface area contributed by atoms with Crippen LogP contribution in [0, 0.1) is 0 Å². The summed E-state index contributed by atoms with van der Waals surface area (Å²) < 4.78 is 10.9. The Balaban J connectivity index is 2.47. The first-order chi connectivity index (χ1) is 7.10. The number of aliphatic hydroxyl groups is 2. The van der Waals surface area contributed by atoms with E-state index in [2.05, 4.69) is 5.32 Å². The highest BCUT2D eigenvalue weighted by molar-refractivity contribution is 4.87. The molecule has 0 radical (unpaired) electrons. The number of likely N-dealkylation sites (N-methyl/N-ethyl adjacent to an activating group) is 1. The molecule has 1 rings (SSSR count). The van der Waals surface area contributed by atoms with Crippen molar-refractivity contribution in [1.29, 1.82) is 0 Å². The van der Waals surface area contributed by atoms with Crippen molar-refractivity contribution in [2.75, 3.05) is 13.6 Å². The predicted molar refractivity (Wildman–Crippen MR) is 55.4 cm³/mol. The summed E-state index contributed by atoms with van der Waals surface area (Å²) in [5.74, 6) is 0. The van der Waals surface area contributed by atoms with E-state index >= 15 is 0 Å². The largest absolute Gasteiger partial charge is 0.387 e. The van der Waals surface area contributed by atoms with Crippen molar-refractivity contribution in [3.05, 3.63) is 0 Å². The molecular weight excluding hydrogens is 198 g/mol. The van der Waals surface area contributed by atoms with Gasteiger partial charge in [-0.15, -0.1) is 0 Å². The Morgan fingerprint density at radius 3 is 2.60 bits per heavy atom. The van der Waals surface area contributed by atoms with Crippen LogP contribution < -0.4 is 5.32 Å². The van der Waals surface area contributed by atoms with Crippen LogP contribution in [-0.2, 0) is 9.47 Å². The van der Waals surface area contributed by atoms with E-state index in [4.69, 9.17) is 9.47 Å². The number of nitrogens with one attached hydrogen (secondary N) is 1. The molecule has 1 fully saturated rings. The quantitative estimate of drug-likeness (QED) is 0.580. The molecule has 0 bridgehead atoms. The zero-order valence-corrected chi connectivity index (χ0v) is 9.51. The lowest BCUT2D eigenvalue weighted by Crippen LogP contribution is -2.37. The molecule has 1 heterocycles. The van der Waals surface area contributed by atoms with Gasteiger partial charge in [0.25, 0.3) is 0 Å². The molecule has 1 saturated heterocycles. The predicted octanol–water partition coefficient (Wildman–Crippen LogP) is -0.532. The molecule has 3 N–H and O–H groups in total. The topological polar surface area (TPSA) is 71.0 Å². The zero-order valence-electron chi connectivity index (χ0n) is 9.51. The average Bonchev–Trinajstić information content (AvgIpc) is 2.47. The molecule has 1 aliphatic heterocycles. The van der Waals surface area contributed by atoms with Crippen molar-refractivity contribution in [2.24, 2.45) is 0 Å². The van der Waals surface area contributed by atoms with Crippen molar-refractivity contribution in [2.45, 2.75) is 51.0 Å². The molecule has 90 valence electrons. The van der Waals surface area contributed by atoms with Crippen LogP contribution in [0.3, 0.4) is 0 Å². The number of ether oxygens (including phenoxy) is 2. The lowest BCUT2D eigenvalue weighted by Gasteiger charge is -2.19. The molecule has 5 atom stereocenters. The Kier molecular flexibility index (Phi) is 4.95.